The van der Waals surface area contributed by atoms with Crippen LogP contribution in [0, 0.1) is 0 Å². The maximum absolute atomic E-state index is 13.9. The number of benzene rings is 4. The Balaban J connectivity index is 1.31. The summed E-state index contributed by atoms with van der Waals surface area (Å²) in [4.78, 5) is 30.0. The third kappa shape index (κ3) is 4.58. The van der Waals surface area contributed by atoms with Gasteiger partial charge >= 0.3 is 0 Å². The molecule has 186 valence electrons. The lowest BCUT2D eigenvalue weighted by Crippen LogP contribution is -2.31. The van der Waals surface area contributed by atoms with Crippen LogP contribution in [0.2, 0.25) is 5.02 Å². The van der Waals surface area contributed by atoms with E-state index < -0.39 is 0 Å². The van der Waals surface area contributed by atoms with Crippen LogP contribution in [-0.4, -0.2) is 22.6 Å². The number of hydrogen-bond acceptors (Lipinski definition) is 4. The van der Waals surface area contributed by atoms with Crippen LogP contribution in [0.25, 0.3) is 10.9 Å². The van der Waals surface area contributed by atoms with Gasteiger partial charge in [0.25, 0.3) is 11.8 Å². The Morgan fingerprint density at radius 3 is 2.47 bits per heavy atom. The van der Waals surface area contributed by atoms with Crippen molar-refractivity contribution in [2.75, 3.05) is 4.90 Å². The Morgan fingerprint density at radius 1 is 0.868 bits per heavy atom. The van der Waals surface area contributed by atoms with E-state index in [-0.39, 0.29) is 18.4 Å². The highest BCUT2D eigenvalue weighted by atomic mass is 35.5. The van der Waals surface area contributed by atoms with Crippen LogP contribution in [0.5, 0.6) is 0 Å². The molecule has 38 heavy (non-hydrogen) atoms. The maximum atomic E-state index is 13.9. The second-order valence-electron chi connectivity index (χ2n) is 8.71. The van der Waals surface area contributed by atoms with Crippen LogP contribution >= 0.6 is 23.4 Å². The Labute approximate surface area is 228 Å². The number of carbonyl (C=O) groups is 2. The monoisotopic (exact) mass is 536 g/mol. The molecule has 5 aromatic rings. The van der Waals surface area contributed by atoms with Crippen molar-refractivity contribution in [3.05, 3.63) is 119 Å². The largest absolute Gasteiger partial charge is 0.337 e. The molecule has 1 N–H and O–H groups in total. The van der Waals surface area contributed by atoms with Gasteiger partial charge in [-0.05, 0) is 48.5 Å². The maximum Gasteiger partial charge on any atom is 0.271 e. The van der Waals surface area contributed by atoms with Gasteiger partial charge in [0.1, 0.15) is 6.54 Å². The van der Waals surface area contributed by atoms with E-state index in [9.17, 15) is 9.59 Å². The smallest absolute Gasteiger partial charge is 0.271 e. The Hall–Kier alpha value is -4.33. The minimum atomic E-state index is -0.292. The lowest BCUT2D eigenvalue weighted by molar-refractivity contribution is -0.118. The van der Waals surface area contributed by atoms with E-state index in [0.29, 0.717) is 10.6 Å². The van der Waals surface area contributed by atoms with Crippen molar-refractivity contribution >= 4 is 63.7 Å². The number of nitrogens with one attached hydrogen (secondary N) is 1. The number of hydrazone groups is 1. The molecule has 1 aliphatic rings. The van der Waals surface area contributed by atoms with Gasteiger partial charge in [-0.25, -0.2) is 5.43 Å². The molecule has 0 unspecified atom stereocenters. The van der Waals surface area contributed by atoms with E-state index in [0.717, 1.165) is 37.6 Å². The summed E-state index contributed by atoms with van der Waals surface area (Å²) < 4.78 is 1.91. The molecule has 0 saturated carbocycles. The van der Waals surface area contributed by atoms with Crippen molar-refractivity contribution in [3.8, 4) is 0 Å². The number of aromatic nitrogens is 1. The standard InChI is InChI=1S/C30H21ClN4O2S/c31-22-14-15-28-26(16-22)35(25-12-6-7-13-27(25)38-28)29(36)19-34-18-21(23-10-4-5-11-24(23)34)17-32-33-30(37)20-8-2-1-3-9-20/h1-18H,19H2,(H,33,37)/b32-17+. The summed E-state index contributed by atoms with van der Waals surface area (Å²) in [6, 6.07) is 30.2. The molecule has 0 aliphatic carbocycles. The number of rotatable bonds is 5. The summed E-state index contributed by atoms with van der Waals surface area (Å²) >= 11 is 7.95. The Bertz CT molecular complexity index is 1710. The van der Waals surface area contributed by atoms with Crippen molar-refractivity contribution in [1.82, 2.24) is 9.99 Å². The van der Waals surface area contributed by atoms with E-state index in [4.69, 9.17) is 11.6 Å². The molecule has 0 atom stereocenters. The third-order valence-electron chi connectivity index (χ3n) is 6.27. The van der Waals surface area contributed by atoms with Crippen LogP contribution in [0.15, 0.2) is 118 Å². The van der Waals surface area contributed by atoms with Gasteiger partial charge in [-0.1, -0.05) is 71.9 Å². The fraction of sp³-hybridized carbons (Fsp3) is 0.0333. The van der Waals surface area contributed by atoms with Gasteiger partial charge < -0.3 is 4.57 Å². The number of carbonyl (C=O) groups excluding carboxylic acids is 2. The Kier molecular flexibility index (Phi) is 6.45. The molecule has 0 saturated heterocycles. The first-order valence-corrected chi connectivity index (χ1v) is 13.1. The molecule has 6 nitrogen and oxygen atoms in total. The molecular weight excluding hydrogens is 516 g/mol. The van der Waals surface area contributed by atoms with Crippen molar-refractivity contribution < 1.29 is 9.59 Å². The van der Waals surface area contributed by atoms with Gasteiger partial charge in [0.2, 0.25) is 0 Å². The van der Waals surface area contributed by atoms with E-state index in [1.807, 2.05) is 83.6 Å². The summed E-state index contributed by atoms with van der Waals surface area (Å²) in [6.07, 6.45) is 3.48. The van der Waals surface area contributed by atoms with E-state index in [2.05, 4.69) is 10.5 Å². The summed E-state index contributed by atoms with van der Waals surface area (Å²) in [7, 11) is 0. The minimum absolute atomic E-state index is 0.0945. The van der Waals surface area contributed by atoms with Crippen molar-refractivity contribution in [1.29, 1.82) is 0 Å². The molecule has 0 radical (unpaired) electrons. The highest BCUT2D eigenvalue weighted by Crippen LogP contribution is 2.48. The fourth-order valence-corrected chi connectivity index (χ4v) is 5.74. The first kappa shape index (κ1) is 24.0. The quantitative estimate of drug-likeness (QED) is 0.196. The second kappa shape index (κ2) is 10.2. The summed E-state index contributed by atoms with van der Waals surface area (Å²) in [5.41, 5.74) is 6.39. The third-order valence-corrected chi connectivity index (χ3v) is 7.63. The molecule has 0 spiro atoms. The molecule has 2 amide bonds. The molecule has 8 heteroatoms. The number of para-hydroxylation sites is 2. The zero-order chi connectivity index (χ0) is 26.1. The molecular formula is C30H21ClN4O2S. The van der Waals surface area contributed by atoms with E-state index in [1.165, 1.54) is 0 Å². The average Bonchev–Trinajstić information content (AvgIpc) is 3.29. The fourth-order valence-electron chi connectivity index (χ4n) is 4.54. The van der Waals surface area contributed by atoms with Gasteiger partial charge in [-0.3, -0.25) is 14.5 Å². The topological polar surface area (TPSA) is 66.7 Å². The predicted molar refractivity (Wildman–Crippen MR) is 153 cm³/mol. The molecule has 1 aromatic heterocycles. The highest BCUT2D eigenvalue weighted by Gasteiger charge is 2.28. The average molecular weight is 537 g/mol. The summed E-state index contributed by atoms with van der Waals surface area (Å²) in [5, 5.41) is 5.67. The first-order valence-electron chi connectivity index (χ1n) is 11.9. The van der Waals surface area contributed by atoms with Gasteiger partial charge in [0.05, 0.1) is 17.6 Å². The Morgan fingerprint density at radius 2 is 1.61 bits per heavy atom. The number of fused-ring (bicyclic) bond motifs is 3. The lowest BCUT2D eigenvalue weighted by atomic mass is 10.2. The number of hydrogen-bond donors (Lipinski definition) is 1. The lowest BCUT2D eigenvalue weighted by Gasteiger charge is -2.31. The van der Waals surface area contributed by atoms with Crippen LogP contribution in [0.1, 0.15) is 15.9 Å². The van der Waals surface area contributed by atoms with Crippen LogP contribution in [0.3, 0.4) is 0 Å². The zero-order valence-corrected chi connectivity index (χ0v) is 21.6. The minimum Gasteiger partial charge on any atom is -0.337 e. The normalized spacial score (nSPS) is 12.4. The van der Waals surface area contributed by atoms with Gasteiger partial charge in [0.15, 0.2) is 0 Å². The van der Waals surface area contributed by atoms with Crippen molar-refractivity contribution in [2.45, 2.75) is 16.3 Å². The van der Waals surface area contributed by atoms with Crippen molar-refractivity contribution in [2.24, 2.45) is 5.10 Å². The molecule has 4 aromatic carbocycles. The van der Waals surface area contributed by atoms with Gasteiger partial charge in [-0.15, -0.1) is 0 Å². The molecule has 0 bridgehead atoms. The van der Waals surface area contributed by atoms with Gasteiger partial charge in [-0.2, -0.15) is 5.10 Å². The number of amides is 2. The van der Waals surface area contributed by atoms with E-state index in [1.54, 1.807) is 47.1 Å². The number of nitrogens with zero attached hydrogens (tertiary/aromatic N) is 3. The first-order chi connectivity index (χ1) is 18.6. The number of anilines is 2. The van der Waals surface area contributed by atoms with Crippen LogP contribution in [0.4, 0.5) is 11.4 Å². The zero-order valence-electron chi connectivity index (χ0n) is 20.0. The van der Waals surface area contributed by atoms with Crippen LogP contribution < -0.4 is 10.3 Å². The molecule has 6 rings (SSSR count). The molecule has 1 aliphatic heterocycles. The summed E-state index contributed by atoms with van der Waals surface area (Å²) in [6.45, 7) is 0.107. The molecule has 2 heterocycles. The SMILES string of the molecule is O=C(N/N=C/c1cn(CC(=O)N2c3ccccc3Sc3ccc(Cl)cc32)c2ccccc12)c1ccccc1. The van der Waals surface area contributed by atoms with E-state index >= 15 is 0 Å². The van der Waals surface area contributed by atoms with Crippen LogP contribution in [-0.2, 0) is 11.3 Å². The highest BCUT2D eigenvalue weighted by molar-refractivity contribution is 7.99. The summed E-state index contributed by atoms with van der Waals surface area (Å²) in [5.74, 6) is -0.386. The second-order valence-corrected chi connectivity index (χ2v) is 10.2. The molecule has 0 fully saturated rings. The predicted octanol–water partition coefficient (Wildman–Crippen LogP) is 6.89. The van der Waals surface area contributed by atoms with Gasteiger partial charge in [0, 0.05) is 43.0 Å². The number of halogens is 1. The van der Waals surface area contributed by atoms with Crippen molar-refractivity contribution in [3.63, 3.8) is 0 Å².